The van der Waals surface area contributed by atoms with E-state index >= 15 is 0 Å². The molecule has 1 aliphatic heterocycles. The number of carbonyl (C=O) groups excluding carboxylic acids is 2. The van der Waals surface area contributed by atoms with Gasteiger partial charge in [0.15, 0.2) is 16.7 Å². The summed E-state index contributed by atoms with van der Waals surface area (Å²) in [4.78, 5) is 29.1. The number of hydrogen-bond acceptors (Lipinski definition) is 5. The van der Waals surface area contributed by atoms with Gasteiger partial charge in [0.1, 0.15) is 6.61 Å². The van der Waals surface area contributed by atoms with Crippen LogP contribution in [0.2, 0.25) is 5.02 Å². The molecule has 9 heteroatoms. The van der Waals surface area contributed by atoms with E-state index in [9.17, 15) is 9.59 Å². The third kappa shape index (κ3) is 6.03. The van der Waals surface area contributed by atoms with Gasteiger partial charge < -0.3 is 14.8 Å². The highest BCUT2D eigenvalue weighted by Gasteiger charge is 2.25. The van der Waals surface area contributed by atoms with Crippen LogP contribution in [-0.2, 0) is 4.79 Å². The first-order valence-corrected chi connectivity index (χ1v) is 11.3. The normalized spacial score (nSPS) is 15.6. The van der Waals surface area contributed by atoms with E-state index in [0.29, 0.717) is 33.6 Å². The average Bonchev–Trinajstić information content (AvgIpc) is 3.06. The summed E-state index contributed by atoms with van der Waals surface area (Å²) in [6.45, 7) is 2.43. The van der Waals surface area contributed by atoms with Crippen LogP contribution in [0.4, 0.5) is 0 Å². The monoisotopic (exact) mass is 566 g/mol. The van der Waals surface area contributed by atoms with E-state index in [1.807, 2.05) is 13.0 Å². The van der Waals surface area contributed by atoms with Crippen molar-refractivity contribution in [1.29, 1.82) is 0 Å². The molecule has 158 valence electrons. The fourth-order valence-electron chi connectivity index (χ4n) is 2.57. The maximum atomic E-state index is 12.4. The van der Waals surface area contributed by atoms with Crippen molar-refractivity contribution in [2.24, 2.45) is 4.99 Å². The number of amides is 2. The molecule has 2 aromatic carbocycles. The summed E-state index contributed by atoms with van der Waals surface area (Å²) in [5, 5.41) is 3.34. The van der Waals surface area contributed by atoms with Gasteiger partial charge in [0.25, 0.3) is 11.8 Å². The van der Waals surface area contributed by atoms with Crippen molar-refractivity contribution < 1.29 is 19.1 Å². The molecule has 0 unspecified atom stereocenters. The largest absolute Gasteiger partial charge is 0.490 e. The second-order valence-corrected chi connectivity index (χ2v) is 8.68. The number of carbonyl (C=O) groups is 2. The van der Waals surface area contributed by atoms with Crippen LogP contribution in [0.25, 0.3) is 6.08 Å². The molecule has 0 bridgehead atoms. The predicted octanol–water partition coefficient (Wildman–Crippen LogP) is 4.76. The highest BCUT2D eigenvalue weighted by molar-refractivity contribution is 14.1. The van der Waals surface area contributed by atoms with E-state index in [1.54, 1.807) is 36.4 Å². The molecule has 0 atom stereocenters. The summed E-state index contributed by atoms with van der Waals surface area (Å²) in [6, 6.07) is 9.99. The van der Waals surface area contributed by atoms with E-state index in [1.165, 1.54) is 0 Å². The zero-order valence-corrected chi connectivity index (χ0v) is 20.0. The van der Waals surface area contributed by atoms with Gasteiger partial charge in [-0.1, -0.05) is 17.5 Å². The van der Waals surface area contributed by atoms with Crippen molar-refractivity contribution in [1.82, 2.24) is 5.32 Å². The zero-order valence-electron chi connectivity index (χ0n) is 16.3. The van der Waals surface area contributed by atoms with Gasteiger partial charge in [0.05, 0.1) is 15.1 Å². The molecule has 0 aromatic heterocycles. The number of nitrogens with zero attached hydrogens (tertiary/aromatic N) is 1. The number of amidine groups is 1. The van der Waals surface area contributed by atoms with Gasteiger partial charge in [-0.05, 0) is 89.3 Å². The van der Waals surface area contributed by atoms with Crippen LogP contribution in [0.1, 0.15) is 22.8 Å². The molecule has 1 heterocycles. The lowest BCUT2D eigenvalue weighted by Crippen LogP contribution is -2.20. The predicted molar refractivity (Wildman–Crippen MR) is 132 cm³/mol. The third-order valence-electron chi connectivity index (χ3n) is 3.87. The number of aliphatic imine (C=N–C) groups is 1. The van der Waals surface area contributed by atoms with Gasteiger partial charge >= 0.3 is 0 Å². The van der Waals surface area contributed by atoms with Crippen LogP contribution >= 0.6 is 46.0 Å². The van der Waals surface area contributed by atoms with Crippen molar-refractivity contribution in [2.75, 3.05) is 13.2 Å². The van der Waals surface area contributed by atoms with Gasteiger partial charge in [-0.15, -0.1) is 6.42 Å². The number of benzene rings is 2. The van der Waals surface area contributed by atoms with E-state index < -0.39 is 5.91 Å². The molecule has 0 saturated carbocycles. The first-order valence-electron chi connectivity index (χ1n) is 9.03. The van der Waals surface area contributed by atoms with Crippen LogP contribution in [0.15, 0.2) is 46.3 Å². The molecule has 31 heavy (non-hydrogen) atoms. The molecule has 6 nitrogen and oxygen atoms in total. The maximum Gasteiger partial charge on any atom is 0.279 e. The fourth-order valence-corrected chi connectivity index (χ4v) is 4.30. The maximum absolute atomic E-state index is 12.4. The highest BCUT2D eigenvalue weighted by atomic mass is 127. The van der Waals surface area contributed by atoms with Crippen LogP contribution in [0.3, 0.4) is 0 Å². The topological polar surface area (TPSA) is 77.0 Å². The smallest absolute Gasteiger partial charge is 0.279 e. The number of thioether (sulfide) groups is 1. The molecular weight excluding hydrogens is 551 g/mol. The van der Waals surface area contributed by atoms with Crippen LogP contribution in [-0.4, -0.2) is 30.2 Å². The van der Waals surface area contributed by atoms with Gasteiger partial charge in [-0.3, -0.25) is 9.59 Å². The quantitative estimate of drug-likeness (QED) is 0.310. The number of hydrogen-bond donors (Lipinski definition) is 1. The first kappa shape index (κ1) is 23.2. The summed E-state index contributed by atoms with van der Waals surface area (Å²) >= 11 is 9.05. The molecule has 1 N–H and O–H groups in total. The average molecular weight is 567 g/mol. The zero-order chi connectivity index (χ0) is 22.4. The summed E-state index contributed by atoms with van der Waals surface area (Å²) in [5.41, 5.74) is 1.12. The lowest BCUT2D eigenvalue weighted by atomic mass is 10.2. The van der Waals surface area contributed by atoms with Crippen molar-refractivity contribution in [3.05, 3.63) is 61.0 Å². The van der Waals surface area contributed by atoms with Gasteiger partial charge in [-0.2, -0.15) is 4.99 Å². The number of rotatable bonds is 6. The minimum absolute atomic E-state index is 0.121. The Morgan fingerprint density at radius 3 is 2.74 bits per heavy atom. The minimum Gasteiger partial charge on any atom is -0.490 e. The molecule has 0 spiro atoms. The van der Waals surface area contributed by atoms with E-state index in [2.05, 4.69) is 38.8 Å². The Balaban J connectivity index is 1.83. The Morgan fingerprint density at radius 2 is 2.06 bits per heavy atom. The molecule has 1 saturated heterocycles. The molecule has 0 radical (unpaired) electrons. The molecule has 2 aromatic rings. The number of nitrogens with one attached hydrogen (secondary N) is 1. The minimum atomic E-state index is -0.469. The summed E-state index contributed by atoms with van der Waals surface area (Å²) in [5.74, 6) is 2.71. The molecule has 2 amide bonds. The van der Waals surface area contributed by atoms with Crippen molar-refractivity contribution >= 4 is 69.0 Å². The SMILES string of the molecule is C#CCOc1c(I)cc(/C=C2\SC(=NC(=O)c3ccc(Cl)cc3)NC2=O)cc1OCC. The van der Waals surface area contributed by atoms with Crippen LogP contribution in [0, 0.1) is 15.9 Å². The van der Waals surface area contributed by atoms with Crippen LogP contribution in [0.5, 0.6) is 11.5 Å². The van der Waals surface area contributed by atoms with Gasteiger partial charge in [0, 0.05) is 10.6 Å². The lowest BCUT2D eigenvalue weighted by Gasteiger charge is -2.13. The Bertz CT molecular complexity index is 1120. The Morgan fingerprint density at radius 1 is 1.32 bits per heavy atom. The molecule has 0 aliphatic carbocycles. The second kappa shape index (κ2) is 10.7. The van der Waals surface area contributed by atoms with E-state index in [4.69, 9.17) is 27.5 Å². The summed E-state index contributed by atoms with van der Waals surface area (Å²) < 4.78 is 12.0. The summed E-state index contributed by atoms with van der Waals surface area (Å²) in [7, 11) is 0. The Labute approximate surface area is 202 Å². The Hall–Kier alpha value is -2.48. The highest BCUT2D eigenvalue weighted by Crippen LogP contribution is 2.36. The van der Waals surface area contributed by atoms with E-state index in [-0.39, 0.29) is 17.7 Å². The molecule has 1 aliphatic rings. The van der Waals surface area contributed by atoms with Crippen LogP contribution < -0.4 is 14.8 Å². The standard InChI is InChI=1S/C22H16ClIN2O4S/c1-3-9-30-19-16(24)10-13(11-17(19)29-4-2)12-18-21(28)26-22(31-18)25-20(27)14-5-7-15(23)8-6-14/h1,5-8,10-12H,4,9H2,2H3,(H,25,26,27,28)/b18-12-. The fraction of sp³-hybridized carbons (Fsp3) is 0.136. The number of halogens is 2. The first-order chi connectivity index (χ1) is 14.9. The van der Waals surface area contributed by atoms with Gasteiger partial charge in [0.2, 0.25) is 0 Å². The number of terminal acetylenes is 1. The second-order valence-electron chi connectivity index (χ2n) is 6.05. The third-order valence-corrected chi connectivity index (χ3v) is 5.84. The van der Waals surface area contributed by atoms with E-state index in [0.717, 1.165) is 20.9 Å². The Kier molecular flexibility index (Phi) is 8.01. The molecule has 3 rings (SSSR count). The van der Waals surface area contributed by atoms with Crippen molar-refractivity contribution in [3.63, 3.8) is 0 Å². The lowest BCUT2D eigenvalue weighted by molar-refractivity contribution is -0.115. The van der Waals surface area contributed by atoms with Crippen molar-refractivity contribution in [3.8, 4) is 23.8 Å². The van der Waals surface area contributed by atoms with Gasteiger partial charge in [-0.25, -0.2) is 0 Å². The van der Waals surface area contributed by atoms with Crippen molar-refractivity contribution in [2.45, 2.75) is 6.92 Å². The number of ether oxygens (including phenoxy) is 2. The summed E-state index contributed by atoms with van der Waals surface area (Å²) in [6.07, 6.45) is 6.98. The molecular formula is C22H16ClIN2O4S. The molecule has 1 fully saturated rings.